The van der Waals surface area contributed by atoms with Gasteiger partial charge in [0.1, 0.15) is 0 Å². The van der Waals surface area contributed by atoms with E-state index in [1.54, 1.807) is 0 Å². The van der Waals surface area contributed by atoms with Gasteiger partial charge in [-0.1, -0.05) is 30.3 Å². The molecule has 2 nitrogen and oxygen atoms in total. The van der Waals surface area contributed by atoms with E-state index in [0.717, 1.165) is 12.3 Å². The zero-order valence-corrected chi connectivity index (χ0v) is 10.1. The largest absolute Gasteiger partial charge is 0.391 e. The van der Waals surface area contributed by atoms with Crippen molar-refractivity contribution >= 4 is 0 Å². The number of nitrogens with two attached hydrogens (primary N) is 1. The summed E-state index contributed by atoms with van der Waals surface area (Å²) in [7, 11) is 0. The quantitative estimate of drug-likeness (QED) is 0.817. The van der Waals surface area contributed by atoms with Crippen LogP contribution in [0.2, 0.25) is 0 Å². The monoisotopic (exact) mass is 231 g/mol. The van der Waals surface area contributed by atoms with Gasteiger partial charge in [0.25, 0.3) is 0 Å². The lowest BCUT2D eigenvalue weighted by molar-refractivity contribution is 0.149. The fourth-order valence-electron chi connectivity index (χ4n) is 3.89. The molecule has 0 amide bonds. The predicted molar refractivity (Wildman–Crippen MR) is 68.4 cm³/mol. The van der Waals surface area contributed by atoms with E-state index < -0.39 is 0 Å². The van der Waals surface area contributed by atoms with Gasteiger partial charge in [-0.25, -0.2) is 0 Å². The molecule has 2 aliphatic rings. The number of benzene rings is 1. The van der Waals surface area contributed by atoms with Gasteiger partial charge in [0.2, 0.25) is 0 Å². The van der Waals surface area contributed by atoms with Crippen LogP contribution in [-0.2, 0) is 6.42 Å². The van der Waals surface area contributed by atoms with Crippen molar-refractivity contribution in [2.75, 3.05) is 0 Å². The molecule has 5 unspecified atom stereocenters. The molecule has 92 valence electrons. The average Bonchev–Trinajstić information content (AvgIpc) is 2.82. The van der Waals surface area contributed by atoms with Crippen LogP contribution < -0.4 is 5.73 Å². The summed E-state index contributed by atoms with van der Waals surface area (Å²) in [6.45, 7) is 0. The van der Waals surface area contributed by atoms with E-state index in [2.05, 4.69) is 30.3 Å². The van der Waals surface area contributed by atoms with Crippen molar-refractivity contribution in [2.45, 2.75) is 37.8 Å². The van der Waals surface area contributed by atoms with Gasteiger partial charge in [0.15, 0.2) is 0 Å². The third kappa shape index (κ3) is 2.12. The molecular weight excluding hydrogens is 210 g/mol. The second kappa shape index (κ2) is 4.43. The molecule has 0 heterocycles. The zero-order valence-electron chi connectivity index (χ0n) is 10.1. The fraction of sp³-hybridized carbons (Fsp3) is 0.600. The lowest BCUT2D eigenvalue weighted by atomic mass is 9.94. The molecule has 3 rings (SSSR count). The number of rotatable bonds is 2. The van der Waals surface area contributed by atoms with E-state index >= 15 is 0 Å². The van der Waals surface area contributed by atoms with Crippen molar-refractivity contribution in [1.82, 2.24) is 0 Å². The van der Waals surface area contributed by atoms with Gasteiger partial charge in [-0.15, -0.1) is 0 Å². The maximum Gasteiger partial charge on any atom is 0.0696 e. The second-order valence-electron chi connectivity index (χ2n) is 5.83. The summed E-state index contributed by atoms with van der Waals surface area (Å²) in [5.41, 5.74) is 7.51. The maximum absolute atomic E-state index is 9.75. The number of fused-ring (bicyclic) bond motifs is 1. The second-order valence-corrected chi connectivity index (χ2v) is 5.83. The molecule has 0 spiro atoms. The molecule has 3 N–H and O–H groups in total. The molecule has 0 bridgehead atoms. The van der Waals surface area contributed by atoms with Gasteiger partial charge < -0.3 is 10.8 Å². The van der Waals surface area contributed by atoms with Gasteiger partial charge in [-0.2, -0.15) is 0 Å². The minimum atomic E-state index is -0.248. The van der Waals surface area contributed by atoms with E-state index in [9.17, 15) is 5.11 Å². The summed E-state index contributed by atoms with van der Waals surface area (Å²) in [5.74, 6) is 2.01. The van der Waals surface area contributed by atoms with Crippen LogP contribution in [0.4, 0.5) is 0 Å². The average molecular weight is 231 g/mol. The van der Waals surface area contributed by atoms with Crippen molar-refractivity contribution in [3.63, 3.8) is 0 Å². The summed E-state index contributed by atoms with van der Waals surface area (Å²) >= 11 is 0. The van der Waals surface area contributed by atoms with E-state index in [1.165, 1.54) is 24.8 Å². The van der Waals surface area contributed by atoms with Crippen molar-refractivity contribution in [2.24, 2.45) is 23.5 Å². The Morgan fingerprint density at radius 1 is 1.12 bits per heavy atom. The minimum absolute atomic E-state index is 0.0285. The molecule has 0 aliphatic heterocycles. The van der Waals surface area contributed by atoms with Crippen LogP contribution in [-0.4, -0.2) is 17.3 Å². The van der Waals surface area contributed by atoms with Crippen LogP contribution in [0, 0.1) is 17.8 Å². The molecule has 2 saturated carbocycles. The molecule has 0 aromatic heterocycles. The first kappa shape index (κ1) is 11.2. The van der Waals surface area contributed by atoms with Crippen molar-refractivity contribution in [3.8, 4) is 0 Å². The third-order valence-corrected chi connectivity index (χ3v) is 4.70. The molecule has 2 fully saturated rings. The van der Waals surface area contributed by atoms with Crippen LogP contribution in [0.15, 0.2) is 30.3 Å². The van der Waals surface area contributed by atoms with Crippen molar-refractivity contribution in [3.05, 3.63) is 35.9 Å². The Morgan fingerprint density at radius 2 is 1.88 bits per heavy atom. The van der Waals surface area contributed by atoms with Gasteiger partial charge in [0, 0.05) is 6.04 Å². The Labute approximate surface area is 103 Å². The summed E-state index contributed by atoms with van der Waals surface area (Å²) < 4.78 is 0. The first-order valence-electron chi connectivity index (χ1n) is 6.71. The molecule has 1 aromatic rings. The van der Waals surface area contributed by atoms with E-state index in [0.29, 0.717) is 11.8 Å². The lowest BCUT2D eigenvalue weighted by Gasteiger charge is -2.17. The first-order valence-corrected chi connectivity index (χ1v) is 6.71. The highest BCUT2D eigenvalue weighted by molar-refractivity contribution is 5.16. The summed E-state index contributed by atoms with van der Waals surface area (Å²) in [4.78, 5) is 0. The topological polar surface area (TPSA) is 46.2 Å². The highest BCUT2D eigenvalue weighted by Gasteiger charge is 2.46. The van der Waals surface area contributed by atoms with Crippen molar-refractivity contribution < 1.29 is 5.11 Å². The Morgan fingerprint density at radius 3 is 2.59 bits per heavy atom. The Kier molecular flexibility index (Phi) is 2.93. The maximum atomic E-state index is 9.75. The molecule has 0 radical (unpaired) electrons. The van der Waals surface area contributed by atoms with E-state index in [-0.39, 0.29) is 12.1 Å². The normalized spacial score (nSPS) is 40.5. The van der Waals surface area contributed by atoms with Crippen molar-refractivity contribution in [1.29, 1.82) is 0 Å². The predicted octanol–water partition coefficient (Wildman–Crippen LogP) is 1.96. The summed E-state index contributed by atoms with van der Waals surface area (Å²) in [5, 5.41) is 9.75. The smallest absolute Gasteiger partial charge is 0.0696 e. The van der Waals surface area contributed by atoms with Gasteiger partial charge in [-0.05, 0) is 49.0 Å². The lowest BCUT2D eigenvalue weighted by Crippen LogP contribution is -2.34. The van der Waals surface area contributed by atoms with E-state index in [4.69, 9.17) is 5.73 Å². The summed E-state index contributed by atoms with van der Waals surface area (Å²) in [6, 6.07) is 10.7. The highest BCUT2D eigenvalue weighted by Crippen LogP contribution is 2.47. The number of aliphatic hydroxyl groups excluding tert-OH is 1. The van der Waals surface area contributed by atoms with Crippen LogP contribution in [0.1, 0.15) is 24.8 Å². The van der Waals surface area contributed by atoms with Crippen LogP contribution in [0.5, 0.6) is 0 Å². The van der Waals surface area contributed by atoms with Gasteiger partial charge in [0.05, 0.1) is 6.10 Å². The number of hydrogen-bond acceptors (Lipinski definition) is 2. The third-order valence-electron chi connectivity index (χ3n) is 4.70. The highest BCUT2D eigenvalue weighted by atomic mass is 16.3. The zero-order chi connectivity index (χ0) is 11.8. The SMILES string of the molecule is NC1C(O)CC2CC(Cc3ccccc3)CC21. The van der Waals surface area contributed by atoms with Gasteiger partial charge >= 0.3 is 0 Å². The molecule has 17 heavy (non-hydrogen) atoms. The molecule has 0 saturated heterocycles. The standard InChI is InChI=1S/C15H21NO/c16-15-13-8-11(7-12(13)9-14(15)17)6-10-4-2-1-3-5-10/h1-5,11-15,17H,6-9,16H2. The molecule has 2 aliphatic carbocycles. The first-order chi connectivity index (χ1) is 8.24. The summed E-state index contributed by atoms with van der Waals surface area (Å²) in [6.07, 6.45) is 4.32. The number of aliphatic hydroxyl groups is 1. The van der Waals surface area contributed by atoms with Crippen LogP contribution in [0.25, 0.3) is 0 Å². The Bertz CT molecular complexity index is 378. The molecule has 1 aromatic carbocycles. The minimum Gasteiger partial charge on any atom is -0.391 e. The molecule has 5 atom stereocenters. The van der Waals surface area contributed by atoms with Gasteiger partial charge in [-0.3, -0.25) is 0 Å². The Hall–Kier alpha value is -0.860. The van der Waals surface area contributed by atoms with E-state index in [1.807, 2.05) is 0 Å². The van der Waals surface area contributed by atoms with Crippen LogP contribution >= 0.6 is 0 Å². The fourth-order valence-corrected chi connectivity index (χ4v) is 3.89. The van der Waals surface area contributed by atoms with Crippen LogP contribution in [0.3, 0.4) is 0 Å². The number of hydrogen-bond donors (Lipinski definition) is 2. The molecular formula is C15H21NO. The molecule has 2 heteroatoms. The Balaban J connectivity index is 1.63.